The van der Waals surface area contributed by atoms with Crippen LogP contribution in [0.5, 0.6) is 0 Å². The Labute approximate surface area is 167 Å². The fraction of sp³-hybridized carbons (Fsp3) is 0. The minimum absolute atomic E-state index is 0.198. The number of hydrogen-bond acceptors (Lipinski definition) is 3. The zero-order valence-corrected chi connectivity index (χ0v) is 16.4. The summed E-state index contributed by atoms with van der Waals surface area (Å²) in [6.45, 7) is 0. The number of thiophene rings is 1. The summed E-state index contributed by atoms with van der Waals surface area (Å²) < 4.78 is 30.8. The summed E-state index contributed by atoms with van der Waals surface area (Å²) in [7, 11) is -3.76. The Balaban J connectivity index is 1.70. The number of allylic oxidation sites excluding steroid dienone is 1. The SMILES string of the molecule is O=S(=O)(/N=C1\C=Cc2c(-c3ccccc3)sc3cccc1c23)c1ccccc1. The predicted octanol–water partition coefficient (Wildman–Crippen LogP) is 5.77. The second-order valence-corrected chi connectivity index (χ2v) is 9.14. The van der Waals surface area contributed by atoms with E-state index in [0.717, 1.165) is 26.8 Å². The van der Waals surface area contributed by atoms with Crippen molar-refractivity contribution in [2.24, 2.45) is 4.40 Å². The van der Waals surface area contributed by atoms with Gasteiger partial charge in [-0.15, -0.1) is 11.3 Å². The molecule has 1 aliphatic carbocycles. The highest BCUT2D eigenvalue weighted by molar-refractivity contribution is 7.90. The van der Waals surface area contributed by atoms with Crippen LogP contribution in [0.15, 0.2) is 94.2 Å². The van der Waals surface area contributed by atoms with E-state index in [9.17, 15) is 8.42 Å². The van der Waals surface area contributed by atoms with Gasteiger partial charge in [-0.3, -0.25) is 0 Å². The van der Waals surface area contributed by atoms with Crippen LogP contribution in [0.4, 0.5) is 0 Å². The monoisotopic (exact) mass is 401 g/mol. The number of sulfonamides is 1. The molecule has 0 saturated carbocycles. The summed E-state index contributed by atoms with van der Waals surface area (Å²) in [6, 6.07) is 24.5. The second kappa shape index (κ2) is 6.55. The average molecular weight is 402 g/mol. The Morgan fingerprint density at radius 3 is 2.21 bits per heavy atom. The maximum absolute atomic E-state index is 12.7. The Morgan fingerprint density at radius 2 is 1.46 bits per heavy atom. The highest BCUT2D eigenvalue weighted by atomic mass is 32.2. The van der Waals surface area contributed by atoms with Crippen molar-refractivity contribution in [2.45, 2.75) is 4.90 Å². The van der Waals surface area contributed by atoms with Crippen LogP contribution in [0, 0.1) is 0 Å². The summed E-state index contributed by atoms with van der Waals surface area (Å²) in [5.41, 5.74) is 3.61. The fourth-order valence-electron chi connectivity index (χ4n) is 3.46. The van der Waals surface area contributed by atoms with Crippen molar-refractivity contribution in [1.82, 2.24) is 0 Å². The molecule has 0 saturated heterocycles. The number of benzene rings is 3. The topological polar surface area (TPSA) is 46.5 Å². The standard InChI is InChI=1S/C23H15NO2S2/c25-28(26,17-10-5-2-6-11-17)24-20-15-14-19-22-18(20)12-7-13-21(22)27-23(19)16-8-3-1-4-9-16/h1-15H/b24-20+. The zero-order valence-electron chi connectivity index (χ0n) is 14.7. The van der Waals surface area contributed by atoms with E-state index < -0.39 is 10.0 Å². The molecule has 5 heteroatoms. The molecule has 1 aromatic heterocycles. The van der Waals surface area contributed by atoms with Crippen molar-refractivity contribution in [3.63, 3.8) is 0 Å². The van der Waals surface area contributed by atoms with Gasteiger partial charge in [0.2, 0.25) is 0 Å². The molecule has 0 amide bonds. The molecule has 0 bridgehead atoms. The van der Waals surface area contributed by atoms with Crippen LogP contribution < -0.4 is 0 Å². The molecule has 5 rings (SSSR count). The van der Waals surface area contributed by atoms with Gasteiger partial charge < -0.3 is 0 Å². The third-order valence-corrected chi connectivity index (χ3v) is 7.26. The molecule has 1 heterocycles. The first-order valence-corrected chi connectivity index (χ1v) is 11.1. The molecule has 0 N–H and O–H groups in total. The molecular formula is C23H15NO2S2. The molecule has 28 heavy (non-hydrogen) atoms. The molecule has 3 nitrogen and oxygen atoms in total. The highest BCUT2D eigenvalue weighted by Gasteiger charge is 2.22. The summed E-state index contributed by atoms with van der Waals surface area (Å²) in [5, 5.41) is 1.07. The fourth-order valence-corrected chi connectivity index (χ4v) is 5.70. The Kier molecular flexibility index (Phi) is 4.00. The van der Waals surface area contributed by atoms with Crippen molar-refractivity contribution >= 4 is 43.2 Å². The Bertz CT molecular complexity index is 1350. The van der Waals surface area contributed by atoms with Crippen molar-refractivity contribution in [3.8, 4) is 10.4 Å². The van der Waals surface area contributed by atoms with Crippen LogP contribution in [0.1, 0.15) is 11.1 Å². The average Bonchev–Trinajstić information content (AvgIpc) is 3.11. The molecule has 0 aliphatic heterocycles. The van der Waals surface area contributed by atoms with Gasteiger partial charge >= 0.3 is 0 Å². The van der Waals surface area contributed by atoms with Crippen LogP contribution in [-0.4, -0.2) is 14.1 Å². The minimum atomic E-state index is -3.76. The maximum Gasteiger partial charge on any atom is 0.282 e. The smallest absolute Gasteiger partial charge is 0.199 e. The molecule has 3 aromatic carbocycles. The van der Waals surface area contributed by atoms with Gasteiger partial charge in [0.15, 0.2) is 0 Å². The van der Waals surface area contributed by atoms with Crippen LogP contribution >= 0.6 is 11.3 Å². The lowest BCUT2D eigenvalue weighted by Crippen LogP contribution is -2.07. The van der Waals surface area contributed by atoms with E-state index in [2.05, 4.69) is 22.6 Å². The number of hydrogen-bond donors (Lipinski definition) is 0. The summed E-state index contributed by atoms with van der Waals surface area (Å²) in [4.78, 5) is 1.38. The minimum Gasteiger partial charge on any atom is -0.199 e. The van der Waals surface area contributed by atoms with Crippen molar-refractivity contribution in [2.75, 3.05) is 0 Å². The quantitative estimate of drug-likeness (QED) is 0.437. The van der Waals surface area contributed by atoms with E-state index >= 15 is 0 Å². The summed E-state index contributed by atoms with van der Waals surface area (Å²) >= 11 is 1.72. The van der Waals surface area contributed by atoms with Crippen LogP contribution in [0.3, 0.4) is 0 Å². The van der Waals surface area contributed by atoms with Crippen LogP contribution in [-0.2, 0) is 10.0 Å². The molecule has 0 unspecified atom stereocenters. The lowest BCUT2D eigenvalue weighted by atomic mass is 9.94. The van der Waals surface area contributed by atoms with E-state index in [-0.39, 0.29) is 4.90 Å². The molecule has 1 aliphatic rings. The van der Waals surface area contributed by atoms with E-state index in [1.807, 2.05) is 36.4 Å². The van der Waals surface area contributed by atoms with Crippen LogP contribution in [0.2, 0.25) is 0 Å². The van der Waals surface area contributed by atoms with Gasteiger partial charge in [0.25, 0.3) is 10.0 Å². The third kappa shape index (κ3) is 2.80. The van der Waals surface area contributed by atoms with Crippen molar-refractivity contribution in [1.29, 1.82) is 0 Å². The first-order chi connectivity index (χ1) is 13.6. The van der Waals surface area contributed by atoms with E-state index in [1.54, 1.807) is 47.7 Å². The molecule has 0 spiro atoms. The molecule has 0 radical (unpaired) electrons. The van der Waals surface area contributed by atoms with Gasteiger partial charge in [-0.2, -0.15) is 12.8 Å². The van der Waals surface area contributed by atoms with Gasteiger partial charge in [-0.25, -0.2) is 0 Å². The van der Waals surface area contributed by atoms with Gasteiger partial charge in [-0.1, -0.05) is 66.7 Å². The summed E-state index contributed by atoms with van der Waals surface area (Å²) in [5.74, 6) is 0. The largest absolute Gasteiger partial charge is 0.282 e. The van der Waals surface area contributed by atoms with Gasteiger partial charge in [0, 0.05) is 26.1 Å². The van der Waals surface area contributed by atoms with Crippen molar-refractivity contribution in [3.05, 3.63) is 96.1 Å². The second-order valence-electron chi connectivity index (χ2n) is 6.49. The molecule has 0 atom stereocenters. The Morgan fingerprint density at radius 1 is 0.750 bits per heavy atom. The lowest BCUT2D eigenvalue weighted by molar-refractivity contribution is 0.598. The summed E-state index contributed by atoms with van der Waals surface area (Å²) in [6.07, 6.45) is 3.78. The number of nitrogens with zero attached hydrogens (tertiary/aromatic N) is 1. The third-order valence-electron chi connectivity index (χ3n) is 4.73. The lowest BCUT2D eigenvalue weighted by Gasteiger charge is -2.11. The molecule has 136 valence electrons. The Hall–Kier alpha value is -3.02. The van der Waals surface area contributed by atoms with Gasteiger partial charge in [0.1, 0.15) is 0 Å². The maximum atomic E-state index is 12.7. The first-order valence-electron chi connectivity index (χ1n) is 8.83. The predicted molar refractivity (Wildman–Crippen MR) is 116 cm³/mol. The zero-order chi connectivity index (χ0) is 19.1. The van der Waals surface area contributed by atoms with E-state index in [0.29, 0.717) is 5.71 Å². The van der Waals surface area contributed by atoms with Gasteiger partial charge in [0.05, 0.1) is 10.6 Å². The molecule has 4 aromatic rings. The highest BCUT2D eigenvalue weighted by Crippen LogP contribution is 2.43. The van der Waals surface area contributed by atoms with Crippen molar-refractivity contribution < 1.29 is 8.42 Å². The first kappa shape index (κ1) is 17.1. The van der Waals surface area contributed by atoms with Gasteiger partial charge in [-0.05, 0) is 29.8 Å². The van der Waals surface area contributed by atoms with Crippen LogP contribution in [0.25, 0.3) is 26.6 Å². The van der Waals surface area contributed by atoms with E-state index in [1.165, 1.54) is 4.88 Å². The molecule has 0 fully saturated rings. The molecular weight excluding hydrogens is 386 g/mol. The van der Waals surface area contributed by atoms with E-state index in [4.69, 9.17) is 0 Å². The number of rotatable bonds is 3. The normalized spacial score (nSPS) is 14.6.